The molecule has 2 heterocycles. The third-order valence-corrected chi connectivity index (χ3v) is 10.5. The van der Waals surface area contributed by atoms with Crippen molar-refractivity contribution in [2.45, 2.75) is 53.7 Å². The van der Waals surface area contributed by atoms with Crippen molar-refractivity contribution < 1.29 is 13.2 Å². The average molecular weight is 500 g/mol. The molecule has 2 aliphatic rings. The molecule has 1 aromatic heterocycles. The quantitative estimate of drug-likeness (QED) is 0.493. The molecule has 9 heteroatoms. The molecular formula is C24H25N3O3S3. The van der Waals surface area contributed by atoms with E-state index >= 15 is 0 Å². The minimum atomic E-state index is -3.58. The van der Waals surface area contributed by atoms with Crippen LogP contribution < -0.4 is 5.32 Å². The van der Waals surface area contributed by atoms with Crippen molar-refractivity contribution in [1.82, 2.24) is 9.29 Å². The number of carbonyl (C=O) groups excluding carboxylic acids is 1. The fourth-order valence-electron chi connectivity index (χ4n) is 4.40. The van der Waals surface area contributed by atoms with E-state index in [2.05, 4.69) is 22.4 Å². The molecule has 0 spiro atoms. The normalized spacial score (nSPS) is 16.3. The number of amides is 1. The van der Waals surface area contributed by atoms with Gasteiger partial charge in [-0.1, -0.05) is 37.5 Å². The van der Waals surface area contributed by atoms with Crippen LogP contribution in [0.3, 0.4) is 0 Å². The molecule has 2 aromatic carbocycles. The summed E-state index contributed by atoms with van der Waals surface area (Å²) in [5.41, 5.74) is 2.42. The number of nitrogens with zero attached hydrogens (tertiary/aromatic N) is 2. The van der Waals surface area contributed by atoms with Crippen molar-refractivity contribution in [3.8, 4) is 11.3 Å². The molecule has 172 valence electrons. The number of anilines is 1. The Balaban J connectivity index is 1.30. The van der Waals surface area contributed by atoms with Crippen LogP contribution >= 0.6 is 23.1 Å². The Morgan fingerprint density at radius 1 is 1.06 bits per heavy atom. The lowest BCUT2D eigenvalue weighted by Gasteiger charge is -2.30. The SMILES string of the molecule is CN(C1CCCCC1)S(=O)(=O)c1ccc(C(=O)Nc2nc3c(s2)CSc2ccccc2-3)cc1. The van der Waals surface area contributed by atoms with Gasteiger partial charge in [0.1, 0.15) is 0 Å². The molecule has 0 unspecified atom stereocenters. The fraction of sp³-hybridized carbons (Fsp3) is 0.333. The second kappa shape index (κ2) is 9.21. The number of thioether (sulfide) groups is 1. The number of thiazole rings is 1. The van der Waals surface area contributed by atoms with E-state index in [9.17, 15) is 13.2 Å². The summed E-state index contributed by atoms with van der Waals surface area (Å²) in [6.07, 6.45) is 5.10. The maximum Gasteiger partial charge on any atom is 0.257 e. The zero-order valence-electron chi connectivity index (χ0n) is 18.3. The average Bonchev–Trinajstić information content (AvgIpc) is 3.27. The lowest BCUT2D eigenvalue weighted by atomic mass is 9.96. The number of nitrogens with one attached hydrogen (secondary N) is 1. The first-order valence-electron chi connectivity index (χ1n) is 11.0. The molecule has 1 saturated carbocycles. The lowest BCUT2D eigenvalue weighted by molar-refractivity contribution is 0.102. The monoisotopic (exact) mass is 499 g/mol. The van der Waals surface area contributed by atoms with Crippen LogP contribution in [0.5, 0.6) is 0 Å². The molecule has 1 aliphatic carbocycles. The van der Waals surface area contributed by atoms with Crippen molar-refractivity contribution in [2.24, 2.45) is 0 Å². The van der Waals surface area contributed by atoms with Crippen LogP contribution in [0.25, 0.3) is 11.3 Å². The van der Waals surface area contributed by atoms with Crippen molar-refractivity contribution >= 4 is 44.2 Å². The highest BCUT2D eigenvalue weighted by atomic mass is 32.2. The predicted molar refractivity (Wildman–Crippen MR) is 133 cm³/mol. The van der Waals surface area contributed by atoms with Gasteiger partial charge in [-0.15, -0.1) is 23.1 Å². The van der Waals surface area contributed by atoms with Crippen LogP contribution in [0.2, 0.25) is 0 Å². The van der Waals surface area contributed by atoms with E-state index < -0.39 is 10.0 Å². The molecule has 0 saturated heterocycles. The minimum Gasteiger partial charge on any atom is -0.298 e. The van der Waals surface area contributed by atoms with E-state index in [0.717, 1.165) is 47.6 Å². The number of hydrogen-bond acceptors (Lipinski definition) is 6. The molecule has 5 rings (SSSR count). The van der Waals surface area contributed by atoms with Gasteiger partial charge in [0.05, 0.1) is 10.6 Å². The molecule has 0 radical (unpaired) electrons. The summed E-state index contributed by atoms with van der Waals surface area (Å²) in [5, 5.41) is 3.43. The molecule has 1 fully saturated rings. The summed E-state index contributed by atoms with van der Waals surface area (Å²) in [7, 11) is -1.92. The first-order valence-corrected chi connectivity index (χ1v) is 14.3. The molecule has 1 aliphatic heterocycles. The van der Waals surface area contributed by atoms with E-state index in [1.807, 2.05) is 12.1 Å². The van der Waals surface area contributed by atoms with Crippen LogP contribution in [0.15, 0.2) is 58.3 Å². The Bertz CT molecular complexity index is 1280. The van der Waals surface area contributed by atoms with Gasteiger partial charge in [0.2, 0.25) is 10.0 Å². The van der Waals surface area contributed by atoms with Crippen molar-refractivity contribution in [3.05, 3.63) is 59.0 Å². The third kappa shape index (κ3) is 4.47. The summed E-state index contributed by atoms with van der Waals surface area (Å²) in [4.78, 5) is 20.0. The summed E-state index contributed by atoms with van der Waals surface area (Å²) in [6.45, 7) is 0. The third-order valence-electron chi connectivity index (χ3n) is 6.30. The summed E-state index contributed by atoms with van der Waals surface area (Å²) in [6, 6.07) is 14.4. The number of carbonyl (C=O) groups is 1. The topological polar surface area (TPSA) is 79.4 Å². The number of benzene rings is 2. The van der Waals surface area contributed by atoms with Crippen LogP contribution in [-0.2, 0) is 15.8 Å². The smallest absolute Gasteiger partial charge is 0.257 e. The first-order chi connectivity index (χ1) is 15.9. The van der Waals surface area contributed by atoms with Crippen LogP contribution in [0, 0.1) is 0 Å². The lowest BCUT2D eigenvalue weighted by Crippen LogP contribution is -2.38. The molecule has 33 heavy (non-hydrogen) atoms. The zero-order valence-corrected chi connectivity index (χ0v) is 20.7. The number of sulfonamides is 1. The molecule has 6 nitrogen and oxygen atoms in total. The van der Waals surface area contributed by atoms with Gasteiger partial charge in [0.15, 0.2) is 5.13 Å². The highest BCUT2D eigenvalue weighted by molar-refractivity contribution is 7.98. The molecule has 0 bridgehead atoms. The summed E-state index contributed by atoms with van der Waals surface area (Å²) >= 11 is 3.26. The molecule has 1 N–H and O–H groups in total. The van der Waals surface area contributed by atoms with E-state index in [1.165, 1.54) is 39.1 Å². The summed E-state index contributed by atoms with van der Waals surface area (Å²) < 4.78 is 27.6. The highest BCUT2D eigenvalue weighted by Gasteiger charge is 2.29. The standard InChI is InChI=1S/C24H25N3O3S3/c1-27(17-7-3-2-4-8-17)33(29,30)18-13-11-16(12-14-18)23(28)26-24-25-22-19-9-5-6-10-20(19)31-15-21(22)32-24/h5-6,9-14,17H,2-4,7-8,15H2,1H3,(H,25,26,28). The van der Waals surface area contributed by atoms with Crippen LogP contribution in [0.4, 0.5) is 5.13 Å². The number of hydrogen-bond donors (Lipinski definition) is 1. The van der Waals surface area contributed by atoms with E-state index in [-0.39, 0.29) is 16.8 Å². The number of aromatic nitrogens is 1. The van der Waals surface area contributed by atoms with Crippen LogP contribution in [0.1, 0.15) is 47.3 Å². The Hall–Kier alpha value is -2.20. The summed E-state index contributed by atoms with van der Waals surface area (Å²) in [5.74, 6) is 0.535. The van der Waals surface area contributed by atoms with Crippen molar-refractivity contribution in [3.63, 3.8) is 0 Å². The second-order valence-electron chi connectivity index (χ2n) is 8.37. The molecule has 3 aromatic rings. The van der Waals surface area contributed by atoms with E-state index in [0.29, 0.717) is 10.7 Å². The number of fused-ring (bicyclic) bond motifs is 3. The maximum absolute atomic E-state index is 13.0. The van der Waals surface area contributed by atoms with Gasteiger partial charge >= 0.3 is 0 Å². The second-order valence-corrected chi connectivity index (χ2v) is 12.5. The maximum atomic E-state index is 13.0. The van der Waals surface area contributed by atoms with Gasteiger partial charge in [0.25, 0.3) is 5.91 Å². The Kier molecular flexibility index (Phi) is 6.30. The minimum absolute atomic E-state index is 0.0472. The zero-order chi connectivity index (χ0) is 23.0. The van der Waals surface area contributed by atoms with E-state index in [1.54, 1.807) is 30.9 Å². The van der Waals surface area contributed by atoms with Crippen molar-refractivity contribution in [2.75, 3.05) is 12.4 Å². The Morgan fingerprint density at radius 2 is 1.79 bits per heavy atom. The Labute approximate surface area is 202 Å². The van der Waals surface area contributed by atoms with Crippen LogP contribution in [-0.4, -0.2) is 36.7 Å². The van der Waals surface area contributed by atoms with E-state index in [4.69, 9.17) is 0 Å². The highest BCUT2D eigenvalue weighted by Crippen LogP contribution is 2.44. The van der Waals surface area contributed by atoms with Gasteiger partial charge < -0.3 is 0 Å². The first kappa shape index (κ1) is 22.6. The largest absolute Gasteiger partial charge is 0.298 e. The predicted octanol–water partition coefficient (Wildman–Crippen LogP) is 5.62. The van der Waals surface area contributed by atoms with Gasteiger partial charge in [0, 0.05) is 39.7 Å². The Morgan fingerprint density at radius 3 is 2.55 bits per heavy atom. The number of rotatable bonds is 5. The van der Waals surface area contributed by atoms with Crippen molar-refractivity contribution in [1.29, 1.82) is 0 Å². The molecular weight excluding hydrogens is 474 g/mol. The van der Waals surface area contributed by atoms with Gasteiger partial charge in [-0.25, -0.2) is 13.4 Å². The molecule has 0 atom stereocenters. The molecule has 1 amide bonds. The van der Waals surface area contributed by atoms with Gasteiger partial charge in [-0.05, 0) is 43.2 Å². The van der Waals surface area contributed by atoms with Gasteiger partial charge in [-0.2, -0.15) is 4.31 Å². The van der Waals surface area contributed by atoms with Gasteiger partial charge in [-0.3, -0.25) is 10.1 Å². The fourth-order valence-corrected chi connectivity index (χ4v) is 7.91.